The summed E-state index contributed by atoms with van der Waals surface area (Å²) in [6, 6.07) is 0. The summed E-state index contributed by atoms with van der Waals surface area (Å²) in [7, 11) is 0. The van der Waals surface area contributed by atoms with E-state index in [1.54, 1.807) is 0 Å². The SMILES string of the molecule is CCCC(C)=CN(CC)CC. The molecule has 0 bridgehead atoms. The molecule has 0 amide bonds. The number of nitrogens with zero attached hydrogens (tertiary/aromatic N) is 1. The van der Waals surface area contributed by atoms with Crippen LogP contribution in [0.5, 0.6) is 0 Å². The predicted octanol–water partition coefficient (Wildman–Crippen LogP) is 3.03. The molecule has 11 heavy (non-hydrogen) atoms. The van der Waals surface area contributed by atoms with Crippen molar-refractivity contribution in [1.29, 1.82) is 0 Å². The van der Waals surface area contributed by atoms with E-state index in [1.807, 2.05) is 0 Å². The van der Waals surface area contributed by atoms with Gasteiger partial charge < -0.3 is 4.90 Å². The lowest BCUT2D eigenvalue weighted by atomic mass is 10.2. The lowest BCUT2D eigenvalue weighted by Gasteiger charge is -2.16. The quantitative estimate of drug-likeness (QED) is 0.590. The smallest absolute Gasteiger partial charge is 0.0143 e. The molecule has 0 aromatic heterocycles. The molecule has 0 fully saturated rings. The summed E-state index contributed by atoms with van der Waals surface area (Å²) in [5, 5.41) is 0. The van der Waals surface area contributed by atoms with Crippen LogP contribution in [0, 0.1) is 0 Å². The molecule has 0 aromatic carbocycles. The first-order chi connectivity index (χ1) is 5.24. The Labute approximate surface area is 71.1 Å². The van der Waals surface area contributed by atoms with Gasteiger partial charge in [-0.1, -0.05) is 18.9 Å². The first-order valence-corrected chi connectivity index (χ1v) is 4.65. The monoisotopic (exact) mass is 155 g/mol. The number of allylic oxidation sites excluding steroid dienone is 1. The molecule has 0 aliphatic heterocycles. The van der Waals surface area contributed by atoms with E-state index in [9.17, 15) is 0 Å². The molecule has 1 nitrogen and oxygen atoms in total. The van der Waals surface area contributed by atoms with Crippen LogP contribution in [0.1, 0.15) is 40.5 Å². The van der Waals surface area contributed by atoms with Crippen molar-refractivity contribution in [3.05, 3.63) is 11.8 Å². The molecule has 0 spiro atoms. The van der Waals surface area contributed by atoms with Gasteiger partial charge in [-0.05, 0) is 33.4 Å². The van der Waals surface area contributed by atoms with Gasteiger partial charge in [-0.15, -0.1) is 0 Å². The third-order valence-electron chi connectivity index (χ3n) is 1.86. The van der Waals surface area contributed by atoms with Crippen molar-refractivity contribution in [3.8, 4) is 0 Å². The molecule has 0 rings (SSSR count). The van der Waals surface area contributed by atoms with E-state index in [-0.39, 0.29) is 0 Å². The summed E-state index contributed by atoms with van der Waals surface area (Å²) in [6.45, 7) is 11.1. The molecule has 0 aromatic rings. The highest BCUT2D eigenvalue weighted by molar-refractivity contribution is 4.96. The minimum atomic E-state index is 1.12. The number of hydrogen-bond acceptors (Lipinski definition) is 1. The fraction of sp³-hybridized carbons (Fsp3) is 0.800. The zero-order chi connectivity index (χ0) is 8.69. The average Bonchev–Trinajstić information content (AvgIpc) is 2.01. The van der Waals surface area contributed by atoms with Crippen LogP contribution in [-0.2, 0) is 0 Å². The van der Waals surface area contributed by atoms with Crippen LogP contribution in [0.25, 0.3) is 0 Å². The van der Waals surface area contributed by atoms with Crippen LogP contribution in [0.2, 0.25) is 0 Å². The highest BCUT2D eigenvalue weighted by Crippen LogP contribution is 2.04. The Kier molecular flexibility index (Phi) is 6.00. The van der Waals surface area contributed by atoms with E-state index in [4.69, 9.17) is 0 Å². The Morgan fingerprint density at radius 1 is 1.18 bits per heavy atom. The van der Waals surface area contributed by atoms with Crippen molar-refractivity contribution in [2.75, 3.05) is 13.1 Å². The van der Waals surface area contributed by atoms with Crippen molar-refractivity contribution >= 4 is 0 Å². The number of rotatable bonds is 5. The van der Waals surface area contributed by atoms with E-state index in [1.165, 1.54) is 18.4 Å². The lowest BCUT2D eigenvalue weighted by Crippen LogP contribution is -2.15. The topological polar surface area (TPSA) is 3.24 Å². The summed E-state index contributed by atoms with van der Waals surface area (Å²) < 4.78 is 0. The molecular weight excluding hydrogens is 134 g/mol. The number of hydrogen-bond donors (Lipinski definition) is 0. The summed E-state index contributed by atoms with van der Waals surface area (Å²) in [4.78, 5) is 2.34. The molecule has 0 saturated carbocycles. The average molecular weight is 155 g/mol. The fourth-order valence-corrected chi connectivity index (χ4v) is 1.18. The second-order valence-electron chi connectivity index (χ2n) is 2.95. The van der Waals surface area contributed by atoms with Crippen molar-refractivity contribution in [3.63, 3.8) is 0 Å². The van der Waals surface area contributed by atoms with Gasteiger partial charge in [0.2, 0.25) is 0 Å². The van der Waals surface area contributed by atoms with E-state index >= 15 is 0 Å². The van der Waals surface area contributed by atoms with Gasteiger partial charge >= 0.3 is 0 Å². The largest absolute Gasteiger partial charge is 0.378 e. The van der Waals surface area contributed by atoms with E-state index < -0.39 is 0 Å². The Balaban J connectivity index is 3.81. The molecule has 0 unspecified atom stereocenters. The second-order valence-corrected chi connectivity index (χ2v) is 2.95. The second kappa shape index (κ2) is 6.26. The molecular formula is C10H21N. The Morgan fingerprint density at radius 3 is 2.09 bits per heavy atom. The predicted molar refractivity (Wildman–Crippen MR) is 51.6 cm³/mol. The third-order valence-corrected chi connectivity index (χ3v) is 1.86. The van der Waals surface area contributed by atoms with E-state index in [0.29, 0.717) is 0 Å². The summed E-state index contributed by atoms with van der Waals surface area (Å²) in [6.07, 6.45) is 4.77. The Morgan fingerprint density at radius 2 is 1.73 bits per heavy atom. The Hall–Kier alpha value is -0.460. The first kappa shape index (κ1) is 10.5. The molecule has 0 radical (unpaired) electrons. The molecule has 0 atom stereocenters. The normalized spacial score (nSPS) is 11.8. The standard InChI is InChI=1S/C10H21N/c1-5-8-10(4)9-11(6-2)7-3/h9H,5-8H2,1-4H3. The first-order valence-electron chi connectivity index (χ1n) is 4.65. The highest BCUT2D eigenvalue weighted by atomic mass is 15.1. The van der Waals surface area contributed by atoms with Gasteiger partial charge in [-0.3, -0.25) is 0 Å². The van der Waals surface area contributed by atoms with Crippen molar-refractivity contribution < 1.29 is 0 Å². The van der Waals surface area contributed by atoms with Gasteiger partial charge in [0.15, 0.2) is 0 Å². The zero-order valence-electron chi connectivity index (χ0n) is 8.35. The maximum absolute atomic E-state index is 2.34. The maximum atomic E-state index is 2.34. The maximum Gasteiger partial charge on any atom is 0.0143 e. The van der Waals surface area contributed by atoms with Gasteiger partial charge in [0.25, 0.3) is 0 Å². The minimum absolute atomic E-state index is 1.12. The van der Waals surface area contributed by atoms with E-state index in [2.05, 4.69) is 38.8 Å². The van der Waals surface area contributed by atoms with Crippen LogP contribution in [0.15, 0.2) is 11.8 Å². The summed E-state index contributed by atoms with van der Waals surface area (Å²) in [5.74, 6) is 0. The van der Waals surface area contributed by atoms with Crippen LogP contribution in [0.3, 0.4) is 0 Å². The molecule has 1 heteroatoms. The van der Waals surface area contributed by atoms with Crippen LogP contribution >= 0.6 is 0 Å². The molecule has 0 saturated heterocycles. The molecule has 0 heterocycles. The van der Waals surface area contributed by atoms with Gasteiger partial charge in [0, 0.05) is 13.1 Å². The minimum Gasteiger partial charge on any atom is -0.378 e. The van der Waals surface area contributed by atoms with Crippen LogP contribution in [0.4, 0.5) is 0 Å². The van der Waals surface area contributed by atoms with Gasteiger partial charge in [0.05, 0.1) is 0 Å². The van der Waals surface area contributed by atoms with Crippen molar-refractivity contribution in [2.24, 2.45) is 0 Å². The lowest BCUT2D eigenvalue weighted by molar-refractivity contribution is 0.414. The third kappa shape index (κ3) is 4.88. The molecule has 66 valence electrons. The molecule has 0 aliphatic rings. The zero-order valence-corrected chi connectivity index (χ0v) is 8.35. The van der Waals surface area contributed by atoms with Gasteiger partial charge in [-0.25, -0.2) is 0 Å². The summed E-state index contributed by atoms with van der Waals surface area (Å²) >= 11 is 0. The highest BCUT2D eigenvalue weighted by Gasteiger charge is 1.92. The fourth-order valence-electron chi connectivity index (χ4n) is 1.18. The van der Waals surface area contributed by atoms with Gasteiger partial charge in [-0.2, -0.15) is 0 Å². The summed E-state index contributed by atoms with van der Waals surface area (Å²) in [5.41, 5.74) is 1.50. The van der Waals surface area contributed by atoms with Gasteiger partial charge in [0.1, 0.15) is 0 Å². The molecule has 0 aliphatic carbocycles. The van der Waals surface area contributed by atoms with Crippen molar-refractivity contribution in [2.45, 2.75) is 40.5 Å². The molecule has 0 N–H and O–H groups in total. The van der Waals surface area contributed by atoms with Crippen LogP contribution in [-0.4, -0.2) is 18.0 Å². The van der Waals surface area contributed by atoms with Crippen molar-refractivity contribution in [1.82, 2.24) is 4.90 Å². The Bertz CT molecular complexity index is 112. The van der Waals surface area contributed by atoms with E-state index in [0.717, 1.165) is 13.1 Å². The van der Waals surface area contributed by atoms with Crippen LogP contribution < -0.4 is 0 Å².